The molecule has 0 N–H and O–H groups in total. The molecule has 3 nitrogen and oxygen atoms in total. The highest BCUT2D eigenvalue weighted by Gasteiger charge is 2.23. The Hall–Kier alpha value is -1.62. The fourth-order valence-corrected chi connectivity index (χ4v) is 3.49. The molecule has 1 aliphatic rings. The van der Waals surface area contributed by atoms with Crippen molar-refractivity contribution in [2.45, 2.75) is 13.0 Å². The van der Waals surface area contributed by atoms with Crippen molar-refractivity contribution in [3.8, 4) is 0 Å². The van der Waals surface area contributed by atoms with Gasteiger partial charge < -0.3 is 4.90 Å². The van der Waals surface area contributed by atoms with Gasteiger partial charge in [-0.15, -0.1) is 0 Å². The highest BCUT2D eigenvalue weighted by atomic mass is 35.5. The second-order valence-corrected chi connectivity index (χ2v) is 6.97. The summed E-state index contributed by atoms with van der Waals surface area (Å²) in [5, 5.41) is 0.105. The van der Waals surface area contributed by atoms with E-state index in [0.29, 0.717) is 13.1 Å². The molecule has 0 bridgehead atoms. The number of amides is 1. The summed E-state index contributed by atoms with van der Waals surface area (Å²) in [4.78, 5) is 16.8. The van der Waals surface area contributed by atoms with E-state index in [1.807, 2.05) is 18.2 Å². The highest BCUT2D eigenvalue weighted by molar-refractivity contribution is 6.36. The number of benzene rings is 2. The molecule has 0 saturated carbocycles. The van der Waals surface area contributed by atoms with E-state index >= 15 is 0 Å². The molecule has 1 saturated heterocycles. The lowest BCUT2D eigenvalue weighted by molar-refractivity contribution is 0.0761. The highest BCUT2D eigenvalue weighted by Crippen LogP contribution is 2.25. The zero-order valence-electron chi connectivity index (χ0n) is 13.7. The van der Waals surface area contributed by atoms with E-state index in [-0.39, 0.29) is 21.5 Å². The molecule has 25 heavy (non-hydrogen) atoms. The van der Waals surface area contributed by atoms with Gasteiger partial charge in [0.15, 0.2) is 0 Å². The van der Waals surface area contributed by atoms with Crippen LogP contribution in [0.2, 0.25) is 10.0 Å². The molecule has 1 heterocycles. The molecule has 1 fully saturated rings. The van der Waals surface area contributed by atoms with E-state index in [2.05, 4.69) is 17.0 Å². The molecule has 2 aromatic rings. The lowest BCUT2D eigenvalue weighted by atomic mass is 10.2. The first kappa shape index (κ1) is 18.2. The average Bonchev–Trinajstić information content (AvgIpc) is 2.84. The molecule has 3 rings (SSSR count). The zero-order chi connectivity index (χ0) is 17.8. The fourth-order valence-electron chi connectivity index (χ4n) is 3.03. The van der Waals surface area contributed by atoms with Crippen molar-refractivity contribution in [3.63, 3.8) is 0 Å². The average molecular weight is 381 g/mol. The molecule has 0 spiro atoms. The van der Waals surface area contributed by atoms with Gasteiger partial charge in [0, 0.05) is 32.7 Å². The van der Waals surface area contributed by atoms with Crippen LogP contribution in [0.15, 0.2) is 42.5 Å². The molecular formula is C19H19Cl2FN2O. The van der Waals surface area contributed by atoms with E-state index in [4.69, 9.17) is 23.2 Å². The zero-order valence-corrected chi connectivity index (χ0v) is 15.2. The van der Waals surface area contributed by atoms with Crippen molar-refractivity contribution in [1.29, 1.82) is 0 Å². The van der Waals surface area contributed by atoms with Crippen molar-refractivity contribution in [2.75, 3.05) is 26.2 Å². The first-order chi connectivity index (χ1) is 12.0. The summed E-state index contributed by atoms with van der Waals surface area (Å²) in [6.07, 6.45) is 0.867. The molecule has 0 atom stereocenters. The van der Waals surface area contributed by atoms with Crippen LogP contribution in [0.5, 0.6) is 0 Å². The molecular weight excluding hydrogens is 362 g/mol. The van der Waals surface area contributed by atoms with Gasteiger partial charge in [-0.2, -0.15) is 0 Å². The van der Waals surface area contributed by atoms with Gasteiger partial charge in [-0.05, 0) is 24.1 Å². The number of carbonyl (C=O) groups excluding carboxylic acids is 1. The van der Waals surface area contributed by atoms with Crippen LogP contribution < -0.4 is 0 Å². The van der Waals surface area contributed by atoms with Gasteiger partial charge >= 0.3 is 0 Å². The van der Waals surface area contributed by atoms with E-state index in [1.54, 1.807) is 4.90 Å². The molecule has 6 heteroatoms. The molecule has 0 unspecified atom stereocenters. The SMILES string of the molecule is O=C(c1cc(F)c(Cl)cc1Cl)N1CCCN(Cc2ccccc2)CC1. The van der Waals surface area contributed by atoms with Crippen molar-refractivity contribution < 1.29 is 9.18 Å². The number of halogens is 3. The Balaban J connectivity index is 1.66. The summed E-state index contributed by atoms with van der Waals surface area (Å²) in [6.45, 7) is 3.77. The maximum absolute atomic E-state index is 13.7. The summed E-state index contributed by atoms with van der Waals surface area (Å²) >= 11 is 11.8. The second kappa shape index (κ2) is 8.17. The number of rotatable bonds is 3. The summed E-state index contributed by atoms with van der Waals surface area (Å²) in [5.74, 6) is -0.878. The summed E-state index contributed by atoms with van der Waals surface area (Å²) in [5.41, 5.74) is 1.42. The smallest absolute Gasteiger partial charge is 0.255 e. The maximum Gasteiger partial charge on any atom is 0.255 e. The number of carbonyl (C=O) groups is 1. The topological polar surface area (TPSA) is 23.6 Å². The van der Waals surface area contributed by atoms with Crippen LogP contribution >= 0.6 is 23.2 Å². The minimum Gasteiger partial charge on any atom is -0.337 e. The molecule has 132 valence electrons. The van der Waals surface area contributed by atoms with Crippen molar-refractivity contribution in [1.82, 2.24) is 9.80 Å². The second-order valence-electron chi connectivity index (χ2n) is 6.15. The first-order valence-corrected chi connectivity index (χ1v) is 9.00. The first-order valence-electron chi connectivity index (χ1n) is 8.24. The predicted octanol–water partition coefficient (Wildman–Crippen LogP) is 4.48. The quantitative estimate of drug-likeness (QED) is 0.732. The fraction of sp³-hybridized carbons (Fsp3) is 0.316. The largest absolute Gasteiger partial charge is 0.337 e. The van der Waals surface area contributed by atoms with Crippen LogP contribution in [0.25, 0.3) is 0 Å². The van der Waals surface area contributed by atoms with Crippen molar-refractivity contribution >= 4 is 29.1 Å². The van der Waals surface area contributed by atoms with Crippen LogP contribution in [-0.2, 0) is 6.54 Å². The van der Waals surface area contributed by atoms with Crippen LogP contribution in [-0.4, -0.2) is 41.9 Å². The molecule has 1 aliphatic heterocycles. The Morgan fingerprint density at radius 1 is 1.00 bits per heavy atom. The van der Waals surface area contributed by atoms with Crippen LogP contribution in [0.1, 0.15) is 22.3 Å². The van der Waals surface area contributed by atoms with Crippen molar-refractivity contribution in [2.24, 2.45) is 0 Å². The standard InChI is InChI=1S/C19H19Cl2FN2O/c20-16-12-17(21)18(22)11-15(16)19(25)24-8-4-7-23(9-10-24)13-14-5-2-1-3-6-14/h1-3,5-6,11-12H,4,7-10,13H2. The third-order valence-corrected chi connectivity index (χ3v) is 4.97. The van der Waals surface area contributed by atoms with Gasteiger partial charge in [0.25, 0.3) is 5.91 Å². The summed E-state index contributed by atoms with van der Waals surface area (Å²) < 4.78 is 13.7. The van der Waals surface area contributed by atoms with Gasteiger partial charge in [0.05, 0.1) is 15.6 Å². The molecule has 0 aromatic heterocycles. The number of hydrogen-bond acceptors (Lipinski definition) is 2. The summed E-state index contributed by atoms with van der Waals surface area (Å²) in [7, 11) is 0. The maximum atomic E-state index is 13.7. The Morgan fingerprint density at radius 2 is 1.76 bits per heavy atom. The third kappa shape index (κ3) is 4.51. The van der Waals surface area contributed by atoms with Crippen LogP contribution in [0.3, 0.4) is 0 Å². The van der Waals surface area contributed by atoms with Gasteiger partial charge in [-0.25, -0.2) is 4.39 Å². The molecule has 0 radical (unpaired) electrons. The predicted molar refractivity (Wildman–Crippen MR) is 98.7 cm³/mol. The molecule has 2 aromatic carbocycles. The Bertz CT molecular complexity index is 755. The van der Waals surface area contributed by atoms with E-state index in [0.717, 1.165) is 32.1 Å². The van der Waals surface area contributed by atoms with Crippen LogP contribution in [0.4, 0.5) is 4.39 Å². The Labute approximate surface area is 156 Å². The van der Waals surface area contributed by atoms with Crippen LogP contribution in [0, 0.1) is 5.82 Å². The van der Waals surface area contributed by atoms with E-state index < -0.39 is 5.82 Å². The molecule has 0 aliphatic carbocycles. The minimum atomic E-state index is -0.630. The van der Waals surface area contributed by atoms with Gasteiger partial charge in [0.1, 0.15) is 5.82 Å². The normalized spacial score (nSPS) is 15.9. The van der Waals surface area contributed by atoms with E-state index in [1.165, 1.54) is 11.6 Å². The van der Waals surface area contributed by atoms with Gasteiger partial charge in [-0.3, -0.25) is 9.69 Å². The summed E-state index contributed by atoms with van der Waals surface area (Å²) in [6, 6.07) is 12.7. The minimum absolute atomic E-state index is 0.0774. The lowest BCUT2D eigenvalue weighted by Crippen LogP contribution is -2.35. The Morgan fingerprint density at radius 3 is 2.52 bits per heavy atom. The number of hydrogen-bond donors (Lipinski definition) is 0. The van der Waals surface area contributed by atoms with Crippen molar-refractivity contribution in [3.05, 3.63) is 69.5 Å². The third-order valence-electron chi connectivity index (χ3n) is 4.37. The van der Waals surface area contributed by atoms with E-state index in [9.17, 15) is 9.18 Å². The number of nitrogens with zero attached hydrogens (tertiary/aromatic N) is 2. The van der Waals surface area contributed by atoms with Gasteiger partial charge in [-0.1, -0.05) is 53.5 Å². The Kier molecular flexibility index (Phi) is 5.94. The monoisotopic (exact) mass is 380 g/mol. The lowest BCUT2D eigenvalue weighted by Gasteiger charge is -2.22. The van der Waals surface area contributed by atoms with Gasteiger partial charge in [0.2, 0.25) is 0 Å². The molecule has 1 amide bonds.